The summed E-state index contributed by atoms with van der Waals surface area (Å²) in [5, 5.41) is 18.9. The van der Waals surface area contributed by atoms with Gasteiger partial charge in [0.05, 0.1) is 12.1 Å². The minimum Gasteiger partial charge on any atom is -0.396 e. The molecular weight excluding hydrogens is 242 g/mol. The van der Waals surface area contributed by atoms with Crippen molar-refractivity contribution in [2.45, 2.75) is 46.5 Å². The van der Waals surface area contributed by atoms with Crippen LogP contribution in [0, 0.1) is 19.8 Å². The third kappa shape index (κ3) is 5.03. The Labute approximate surface area is 114 Å². The number of carbonyl (C=O) groups excluding carboxylic acids is 1. The molecule has 0 saturated carbocycles. The van der Waals surface area contributed by atoms with Gasteiger partial charge < -0.3 is 10.4 Å². The average molecular weight is 267 g/mol. The molecule has 0 fully saturated rings. The molecule has 0 aromatic carbocycles. The summed E-state index contributed by atoms with van der Waals surface area (Å²) in [4.78, 5) is 11.9. The van der Waals surface area contributed by atoms with Crippen molar-refractivity contribution in [2.75, 3.05) is 13.2 Å². The molecule has 5 nitrogen and oxygen atoms in total. The highest BCUT2D eigenvalue weighted by molar-refractivity contribution is 5.79. The van der Waals surface area contributed by atoms with Crippen LogP contribution >= 0.6 is 0 Å². The van der Waals surface area contributed by atoms with E-state index in [4.69, 9.17) is 5.11 Å². The van der Waals surface area contributed by atoms with Crippen LogP contribution in [-0.4, -0.2) is 34.4 Å². The van der Waals surface area contributed by atoms with Gasteiger partial charge in [-0.1, -0.05) is 13.3 Å². The van der Waals surface area contributed by atoms with Crippen molar-refractivity contribution in [3.63, 3.8) is 0 Å². The van der Waals surface area contributed by atoms with Crippen LogP contribution in [0.4, 0.5) is 0 Å². The number of aryl methyl sites for hydroxylation is 2. The minimum atomic E-state index is 0.0200. The molecule has 3 N–H and O–H groups in total. The molecule has 1 heterocycles. The van der Waals surface area contributed by atoms with Crippen molar-refractivity contribution in [3.8, 4) is 0 Å². The van der Waals surface area contributed by atoms with Gasteiger partial charge in [-0.3, -0.25) is 9.89 Å². The number of rotatable bonds is 8. The zero-order valence-corrected chi connectivity index (χ0v) is 12.1. The standard InChI is InChI=1S/C14H25N3O2/c1-4-5-12(6-7-18)9-15-14(19)8-13-10(2)16-17-11(13)3/h12,18H,4-9H2,1-3H3,(H,15,19)(H,16,17). The Hall–Kier alpha value is -1.36. The average Bonchev–Trinajstić information content (AvgIpc) is 2.68. The van der Waals surface area contributed by atoms with Gasteiger partial charge in [0.15, 0.2) is 0 Å². The first-order valence-corrected chi connectivity index (χ1v) is 6.96. The zero-order chi connectivity index (χ0) is 14.3. The van der Waals surface area contributed by atoms with Crippen molar-refractivity contribution >= 4 is 5.91 Å². The Bertz CT molecular complexity index is 376. The number of amides is 1. The van der Waals surface area contributed by atoms with Crippen molar-refractivity contribution in [2.24, 2.45) is 5.92 Å². The number of hydrogen-bond acceptors (Lipinski definition) is 3. The molecular formula is C14H25N3O2. The van der Waals surface area contributed by atoms with E-state index in [0.29, 0.717) is 18.9 Å². The first-order valence-electron chi connectivity index (χ1n) is 6.96. The molecule has 0 bridgehead atoms. The SMILES string of the molecule is CCCC(CCO)CNC(=O)Cc1c(C)n[nH]c1C. The first-order chi connectivity index (χ1) is 9.08. The predicted octanol–water partition coefficient (Wildman–Crippen LogP) is 1.48. The van der Waals surface area contributed by atoms with Crippen LogP contribution in [0.2, 0.25) is 0 Å². The highest BCUT2D eigenvalue weighted by Crippen LogP contribution is 2.11. The molecule has 1 rings (SSSR count). The Morgan fingerprint density at radius 1 is 1.42 bits per heavy atom. The fraction of sp³-hybridized carbons (Fsp3) is 0.714. The molecule has 1 amide bonds. The number of carbonyl (C=O) groups is 1. The maximum Gasteiger partial charge on any atom is 0.224 e. The van der Waals surface area contributed by atoms with Crippen LogP contribution in [0.1, 0.15) is 43.1 Å². The van der Waals surface area contributed by atoms with E-state index in [1.54, 1.807) is 0 Å². The molecule has 0 aliphatic rings. The molecule has 5 heteroatoms. The Kier molecular flexibility index (Phi) is 6.56. The lowest BCUT2D eigenvalue weighted by atomic mass is 10.00. The van der Waals surface area contributed by atoms with E-state index in [1.807, 2.05) is 13.8 Å². The third-order valence-electron chi connectivity index (χ3n) is 3.44. The van der Waals surface area contributed by atoms with E-state index in [-0.39, 0.29) is 12.5 Å². The molecule has 108 valence electrons. The second-order valence-corrected chi connectivity index (χ2v) is 5.06. The van der Waals surface area contributed by atoms with E-state index in [9.17, 15) is 4.79 Å². The molecule has 1 unspecified atom stereocenters. The summed E-state index contributed by atoms with van der Waals surface area (Å²) in [7, 11) is 0. The van der Waals surface area contributed by atoms with Gasteiger partial charge in [0, 0.05) is 24.4 Å². The van der Waals surface area contributed by atoms with Crippen LogP contribution in [0.25, 0.3) is 0 Å². The predicted molar refractivity (Wildman–Crippen MR) is 74.9 cm³/mol. The number of aromatic nitrogens is 2. The molecule has 0 aliphatic heterocycles. The van der Waals surface area contributed by atoms with Gasteiger partial charge >= 0.3 is 0 Å². The second-order valence-electron chi connectivity index (χ2n) is 5.06. The normalized spacial score (nSPS) is 12.4. The van der Waals surface area contributed by atoms with Crippen LogP contribution in [0.5, 0.6) is 0 Å². The minimum absolute atomic E-state index is 0.0200. The summed E-state index contributed by atoms with van der Waals surface area (Å²) in [6.45, 7) is 6.76. The van der Waals surface area contributed by atoms with E-state index in [0.717, 1.165) is 36.2 Å². The molecule has 0 spiro atoms. The summed E-state index contributed by atoms with van der Waals surface area (Å²) < 4.78 is 0. The van der Waals surface area contributed by atoms with Crippen LogP contribution in [0.3, 0.4) is 0 Å². The summed E-state index contributed by atoms with van der Waals surface area (Å²) in [6.07, 6.45) is 3.22. The number of hydrogen-bond donors (Lipinski definition) is 3. The van der Waals surface area contributed by atoms with Crippen molar-refractivity contribution in [3.05, 3.63) is 17.0 Å². The largest absolute Gasteiger partial charge is 0.396 e. The van der Waals surface area contributed by atoms with Crippen LogP contribution in [-0.2, 0) is 11.2 Å². The molecule has 1 aromatic rings. The topological polar surface area (TPSA) is 78.0 Å². The molecule has 0 radical (unpaired) electrons. The number of aliphatic hydroxyl groups excluding tert-OH is 1. The maximum absolute atomic E-state index is 11.9. The van der Waals surface area contributed by atoms with Crippen LogP contribution in [0.15, 0.2) is 0 Å². The van der Waals surface area contributed by atoms with Gasteiger partial charge in [-0.05, 0) is 32.6 Å². The number of aromatic amines is 1. The van der Waals surface area contributed by atoms with Gasteiger partial charge in [-0.25, -0.2) is 0 Å². The van der Waals surface area contributed by atoms with Crippen LogP contribution < -0.4 is 5.32 Å². The first kappa shape index (κ1) is 15.7. The van der Waals surface area contributed by atoms with Gasteiger partial charge in [-0.2, -0.15) is 5.10 Å². The van der Waals surface area contributed by atoms with Gasteiger partial charge in [0.1, 0.15) is 0 Å². The Morgan fingerprint density at radius 3 is 2.68 bits per heavy atom. The number of nitrogens with one attached hydrogen (secondary N) is 2. The maximum atomic E-state index is 11.9. The van der Waals surface area contributed by atoms with E-state index >= 15 is 0 Å². The highest BCUT2D eigenvalue weighted by atomic mass is 16.3. The highest BCUT2D eigenvalue weighted by Gasteiger charge is 2.13. The smallest absolute Gasteiger partial charge is 0.224 e. The number of nitrogens with zero attached hydrogens (tertiary/aromatic N) is 1. The quantitative estimate of drug-likeness (QED) is 0.667. The Balaban J connectivity index is 2.42. The van der Waals surface area contributed by atoms with Crippen molar-refractivity contribution in [1.82, 2.24) is 15.5 Å². The van der Waals surface area contributed by atoms with E-state index in [1.165, 1.54) is 0 Å². The molecule has 19 heavy (non-hydrogen) atoms. The van der Waals surface area contributed by atoms with Gasteiger partial charge in [0.25, 0.3) is 0 Å². The monoisotopic (exact) mass is 267 g/mol. The number of H-pyrrole nitrogens is 1. The van der Waals surface area contributed by atoms with Gasteiger partial charge in [0.2, 0.25) is 5.91 Å². The third-order valence-corrected chi connectivity index (χ3v) is 3.44. The van der Waals surface area contributed by atoms with Gasteiger partial charge in [-0.15, -0.1) is 0 Å². The Morgan fingerprint density at radius 2 is 2.16 bits per heavy atom. The summed E-state index contributed by atoms with van der Waals surface area (Å²) in [6, 6.07) is 0. The lowest BCUT2D eigenvalue weighted by molar-refractivity contribution is -0.120. The van der Waals surface area contributed by atoms with Crippen molar-refractivity contribution < 1.29 is 9.90 Å². The lowest BCUT2D eigenvalue weighted by Crippen LogP contribution is -2.31. The second kappa shape index (κ2) is 7.94. The lowest BCUT2D eigenvalue weighted by Gasteiger charge is -2.15. The summed E-state index contributed by atoms with van der Waals surface area (Å²) in [5.74, 6) is 0.386. The zero-order valence-electron chi connectivity index (χ0n) is 12.1. The summed E-state index contributed by atoms with van der Waals surface area (Å²) >= 11 is 0. The summed E-state index contributed by atoms with van der Waals surface area (Å²) in [5.41, 5.74) is 2.81. The van der Waals surface area contributed by atoms with E-state index in [2.05, 4.69) is 22.4 Å². The fourth-order valence-electron chi connectivity index (χ4n) is 2.26. The van der Waals surface area contributed by atoms with E-state index < -0.39 is 0 Å². The van der Waals surface area contributed by atoms with Crippen molar-refractivity contribution in [1.29, 1.82) is 0 Å². The molecule has 0 aliphatic carbocycles. The fourth-order valence-corrected chi connectivity index (χ4v) is 2.26. The molecule has 0 saturated heterocycles. The molecule has 1 atom stereocenters. The number of aliphatic hydroxyl groups is 1. The molecule has 1 aromatic heterocycles.